The number of hydrogen-bond donors (Lipinski definition) is 1. The molecule has 0 aromatic carbocycles. The summed E-state index contributed by atoms with van der Waals surface area (Å²) in [4.78, 5) is 1.83. The van der Waals surface area contributed by atoms with Crippen LogP contribution < -0.4 is 5.73 Å². The fraction of sp³-hybridized carbons (Fsp3) is 1.00. The Labute approximate surface area is 175 Å². The zero-order valence-electron chi connectivity index (χ0n) is 18.9. The molecule has 0 aromatic rings. The first-order chi connectivity index (χ1) is 12.7. The summed E-state index contributed by atoms with van der Waals surface area (Å²) in [6, 6.07) is 0. The van der Waals surface area contributed by atoms with Gasteiger partial charge in [0, 0.05) is 32.4 Å². The zero-order valence-corrected chi connectivity index (χ0v) is 20.5. The van der Waals surface area contributed by atoms with E-state index in [1.54, 1.807) is 7.05 Å². The highest BCUT2D eigenvalue weighted by molar-refractivity contribution is 7.92. The zero-order chi connectivity index (χ0) is 23.6. The van der Waals surface area contributed by atoms with Crippen molar-refractivity contribution in [2.45, 2.75) is 57.5 Å². The normalized spacial score (nSPS) is 20.5. The van der Waals surface area contributed by atoms with Crippen molar-refractivity contribution in [1.29, 1.82) is 0 Å². The van der Waals surface area contributed by atoms with Gasteiger partial charge in [0.2, 0.25) is 0 Å². The molecule has 0 bridgehead atoms. The minimum atomic E-state index is -4.98. The maximum Gasteiger partial charge on any atom is 0.341 e. The second-order valence-corrected chi connectivity index (χ2v) is 9.75. The molecule has 13 heteroatoms. The van der Waals surface area contributed by atoms with Crippen LogP contribution in [-0.2, 0) is 20.8 Å². The van der Waals surface area contributed by atoms with Crippen LogP contribution in [0.25, 0.3) is 0 Å². The van der Waals surface area contributed by atoms with E-state index in [9.17, 15) is 30.2 Å². The summed E-state index contributed by atoms with van der Waals surface area (Å²) in [7, 11) is -4.58. The summed E-state index contributed by atoms with van der Waals surface area (Å²) in [6.07, 6.45) is 0.246. The molecule has 0 aliphatic carbocycles. The molecule has 29 heavy (non-hydrogen) atoms. The molecule has 1 aliphatic rings. The van der Waals surface area contributed by atoms with Crippen molar-refractivity contribution in [3.63, 3.8) is 0 Å². The number of piperazine rings is 1. The van der Waals surface area contributed by atoms with E-state index in [2.05, 4.69) is 5.73 Å². The molecule has 1 saturated heterocycles. The van der Waals surface area contributed by atoms with E-state index in [-0.39, 0.29) is 38.7 Å². The first-order valence-corrected chi connectivity index (χ1v) is 12.0. The summed E-state index contributed by atoms with van der Waals surface area (Å²) in [5, 5.41) is -8.04. The molecule has 182 valence electrons. The van der Waals surface area contributed by atoms with E-state index in [0.717, 1.165) is 4.31 Å². The summed E-state index contributed by atoms with van der Waals surface area (Å²) < 4.78 is 92.7. The first kappa shape index (κ1) is 36.1. The molecule has 1 aliphatic heterocycles. The Kier molecular flexibility index (Phi) is 18.2. The SMILES string of the molecule is CC.CC.CN.CN1CCN(S(=O)C(C)(F)C(F)(F)C(C)(F)S(C)(=O)=O)CC1.O. The van der Waals surface area contributed by atoms with Crippen molar-refractivity contribution in [2.75, 3.05) is 46.5 Å². The van der Waals surface area contributed by atoms with Gasteiger partial charge < -0.3 is 16.1 Å². The molecule has 3 atom stereocenters. The van der Waals surface area contributed by atoms with E-state index in [0.29, 0.717) is 13.1 Å². The van der Waals surface area contributed by atoms with Gasteiger partial charge in [-0.15, -0.1) is 0 Å². The molecule has 4 N–H and O–H groups in total. The highest BCUT2D eigenvalue weighted by Gasteiger charge is 2.72. The van der Waals surface area contributed by atoms with E-state index in [1.165, 1.54) is 7.05 Å². The lowest BCUT2D eigenvalue weighted by Gasteiger charge is -2.40. The third-order valence-corrected chi connectivity index (χ3v) is 7.24. The fourth-order valence-corrected chi connectivity index (χ4v) is 4.05. The maximum atomic E-state index is 14.6. The maximum absolute atomic E-state index is 14.6. The topological polar surface area (TPSA) is 115 Å². The molecular formula is C16H39F4N3O4S2. The van der Waals surface area contributed by atoms with Crippen LogP contribution in [0.1, 0.15) is 41.5 Å². The number of nitrogens with two attached hydrogens (primary N) is 1. The summed E-state index contributed by atoms with van der Waals surface area (Å²) >= 11 is 0. The van der Waals surface area contributed by atoms with Crippen LogP contribution in [-0.4, -0.2) is 89.8 Å². The molecule has 0 spiro atoms. The molecule has 0 radical (unpaired) electrons. The summed E-state index contributed by atoms with van der Waals surface area (Å²) in [6.45, 7) is 9.23. The fourth-order valence-electron chi connectivity index (χ4n) is 1.94. The Morgan fingerprint density at radius 3 is 1.48 bits per heavy atom. The Morgan fingerprint density at radius 1 is 0.897 bits per heavy atom. The van der Waals surface area contributed by atoms with Crippen LogP contribution in [0.4, 0.5) is 17.6 Å². The predicted octanol–water partition coefficient (Wildman–Crippen LogP) is 1.75. The number of alkyl halides is 4. The van der Waals surface area contributed by atoms with Crippen molar-refractivity contribution in [3.05, 3.63) is 0 Å². The monoisotopic (exact) mass is 477 g/mol. The Morgan fingerprint density at radius 2 is 1.21 bits per heavy atom. The lowest BCUT2D eigenvalue weighted by atomic mass is 10.1. The second kappa shape index (κ2) is 14.6. The summed E-state index contributed by atoms with van der Waals surface area (Å²) in [5.41, 5.74) is 4.50. The Hall–Kier alpha value is -0.340. The Bertz CT molecular complexity index is 554. The second-order valence-electron chi connectivity index (χ2n) is 5.66. The molecule has 7 nitrogen and oxygen atoms in total. The highest BCUT2D eigenvalue weighted by atomic mass is 32.2. The van der Waals surface area contributed by atoms with Crippen molar-refractivity contribution in [1.82, 2.24) is 9.21 Å². The van der Waals surface area contributed by atoms with Gasteiger partial charge in [-0.3, -0.25) is 0 Å². The average molecular weight is 478 g/mol. The minimum Gasteiger partial charge on any atom is -0.412 e. The highest BCUT2D eigenvalue weighted by Crippen LogP contribution is 2.48. The van der Waals surface area contributed by atoms with Crippen molar-refractivity contribution in [3.8, 4) is 0 Å². The lowest BCUT2D eigenvalue weighted by Crippen LogP contribution is -2.63. The van der Waals surface area contributed by atoms with Crippen LogP contribution in [0.3, 0.4) is 0 Å². The van der Waals surface area contributed by atoms with Gasteiger partial charge in [0.1, 0.15) is 11.0 Å². The van der Waals surface area contributed by atoms with Crippen LogP contribution in [0.5, 0.6) is 0 Å². The van der Waals surface area contributed by atoms with Crippen molar-refractivity contribution in [2.24, 2.45) is 5.73 Å². The molecule has 0 aromatic heterocycles. The van der Waals surface area contributed by atoms with Crippen molar-refractivity contribution < 1.29 is 35.7 Å². The number of sulfone groups is 1. The van der Waals surface area contributed by atoms with Crippen LogP contribution in [0.15, 0.2) is 0 Å². The number of hydrogen-bond acceptors (Lipinski definition) is 5. The molecular weight excluding hydrogens is 438 g/mol. The molecule has 3 unspecified atom stereocenters. The number of rotatable bonds is 5. The van der Waals surface area contributed by atoms with Crippen LogP contribution >= 0.6 is 0 Å². The minimum absolute atomic E-state index is 0. The number of likely N-dealkylation sites (N-methyl/N-ethyl adjacent to an activating group) is 1. The number of nitrogens with zero attached hydrogens (tertiary/aromatic N) is 2. The van der Waals surface area contributed by atoms with Gasteiger partial charge in [-0.05, 0) is 27.9 Å². The van der Waals surface area contributed by atoms with Gasteiger partial charge in [0.25, 0.3) is 10.0 Å². The van der Waals surface area contributed by atoms with Gasteiger partial charge >= 0.3 is 5.92 Å². The predicted molar refractivity (Wildman–Crippen MR) is 112 cm³/mol. The van der Waals surface area contributed by atoms with Gasteiger partial charge in [-0.25, -0.2) is 25.7 Å². The van der Waals surface area contributed by atoms with Crippen LogP contribution in [0, 0.1) is 0 Å². The number of halogens is 4. The largest absolute Gasteiger partial charge is 0.412 e. The average Bonchev–Trinajstić information content (AvgIpc) is 2.65. The van der Waals surface area contributed by atoms with E-state index < -0.39 is 36.7 Å². The molecule has 0 amide bonds. The van der Waals surface area contributed by atoms with Crippen molar-refractivity contribution >= 4 is 20.8 Å². The third-order valence-electron chi connectivity index (χ3n) is 3.84. The first-order valence-electron chi connectivity index (χ1n) is 9.04. The quantitative estimate of drug-likeness (QED) is 0.606. The Balaban J connectivity index is -0.000000407. The standard InChI is InChI=1S/C11H20F4N2O3S2.2C2H6.CH5N.H2O/c1-9(12,11(14,15)10(2,13)22(4,19)20)21(18)17-7-5-16(3)6-8-17;3*1-2;/h5-8H2,1-4H3;2*1-2H3;2H2,1H3;1H2. The molecule has 0 saturated carbocycles. The molecule has 1 fully saturated rings. The van der Waals surface area contributed by atoms with Crippen LogP contribution in [0.2, 0.25) is 0 Å². The lowest BCUT2D eigenvalue weighted by molar-refractivity contribution is -0.150. The summed E-state index contributed by atoms with van der Waals surface area (Å²) in [5.74, 6) is -4.98. The van der Waals surface area contributed by atoms with Gasteiger partial charge in [-0.1, -0.05) is 27.7 Å². The van der Waals surface area contributed by atoms with Gasteiger partial charge in [0.05, 0.1) is 0 Å². The smallest absolute Gasteiger partial charge is 0.341 e. The van der Waals surface area contributed by atoms with Gasteiger partial charge in [0.15, 0.2) is 9.84 Å². The molecule has 1 rings (SSSR count). The third kappa shape index (κ3) is 8.37. The van der Waals surface area contributed by atoms with E-state index >= 15 is 0 Å². The van der Waals surface area contributed by atoms with Gasteiger partial charge in [-0.2, -0.15) is 8.78 Å². The van der Waals surface area contributed by atoms with E-state index in [4.69, 9.17) is 0 Å². The van der Waals surface area contributed by atoms with E-state index in [1.807, 2.05) is 32.6 Å². The molecule has 1 heterocycles.